The van der Waals surface area contributed by atoms with Gasteiger partial charge in [-0.2, -0.15) is 0 Å². The predicted molar refractivity (Wildman–Crippen MR) is 99.3 cm³/mol. The second-order valence-corrected chi connectivity index (χ2v) is 5.71. The molecule has 2 aromatic carbocycles. The molecule has 0 aliphatic heterocycles. The molecule has 136 valence electrons. The van der Waals surface area contributed by atoms with Crippen LogP contribution < -0.4 is 14.8 Å². The van der Waals surface area contributed by atoms with Crippen LogP contribution in [0, 0.1) is 6.92 Å². The van der Waals surface area contributed by atoms with Crippen molar-refractivity contribution in [3.8, 4) is 11.5 Å². The molecule has 6 heteroatoms. The van der Waals surface area contributed by atoms with Crippen molar-refractivity contribution < 1.29 is 23.4 Å². The Balaban J connectivity index is 1.81. The van der Waals surface area contributed by atoms with E-state index in [0.29, 0.717) is 41.7 Å². The molecule has 0 aliphatic rings. The van der Waals surface area contributed by atoms with E-state index in [1.807, 2.05) is 31.2 Å². The fraction of sp³-hybridized carbons (Fsp3) is 0.250. The maximum absolute atomic E-state index is 12.6. The van der Waals surface area contributed by atoms with Crippen molar-refractivity contribution in [1.82, 2.24) is 0 Å². The molecule has 1 aromatic heterocycles. The third kappa shape index (κ3) is 3.65. The number of carbonyl (C=O) groups excluding carboxylic acids is 1. The van der Waals surface area contributed by atoms with Crippen LogP contribution >= 0.6 is 0 Å². The van der Waals surface area contributed by atoms with Crippen molar-refractivity contribution in [1.29, 1.82) is 0 Å². The monoisotopic (exact) mass is 355 g/mol. The highest BCUT2D eigenvalue weighted by Gasteiger charge is 2.18. The fourth-order valence-corrected chi connectivity index (χ4v) is 2.68. The molecular weight excluding hydrogens is 334 g/mol. The van der Waals surface area contributed by atoms with Crippen molar-refractivity contribution in [2.75, 3.05) is 32.8 Å². The predicted octanol–water partition coefficient (Wildman–Crippen LogP) is 4.03. The van der Waals surface area contributed by atoms with Crippen molar-refractivity contribution >= 4 is 22.6 Å². The van der Waals surface area contributed by atoms with Crippen LogP contribution in [-0.4, -0.2) is 33.3 Å². The number of carbonyl (C=O) groups is 1. The van der Waals surface area contributed by atoms with E-state index in [1.165, 1.54) is 0 Å². The molecule has 3 aromatic rings. The van der Waals surface area contributed by atoms with Gasteiger partial charge in [0.05, 0.1) is 13.7 Å². The summed E-state index contributed by atoms with van der Waals surface area (Å²) >= 11 is 0. The summed E-state index contributed by atoms with van der Waals surface area (Å²) < 4.78 is 21.6. The first-order chi connectivity index (χ1) is 12.6. The standard InChI is InChI=1S/C20H21NO5/c1-13-15-6-4-5-7-16(15)26-19(13)20(22)21-14-8-9-17(24-3)18(12-14)25-11-10-23-2/h4-9,12H,10-11H2,1-3H3,(H,21,22). The van der Waals surface area contributed by atoms with Crippen LogP contribution in [0.25, 0.3) is 11.0 Å². The molecular formula is C20H21NO5. The maximum atomic E-state index is 12.6. The quantitative estimate of drug-likeness (QED) is 0.648. The number of ether oxygens (including phenoxy) is 3. The zero-order valence-electron chi connectivity index (χ0n) is 15.0. The summed E-state index contributed by atoms with van der Waals surface area (Å²) in [6.45, 7) is 2.71. The average Bonchev–Trinajstić information content (AvgIpc) is 2.99. The zero-order valence-corrected chi connectivity index (χ0v) is 15.0. The highest BCUT2D eigenvalue weighted by Crippen LogP contribution is 2.31. The van der Waals surface area contributed by atoms with Gasteiger partial charge in [0.15, 0.2) is 17.3 Å². The van der Waals surface area contributed by atoms with E-state index < -0.39 is 0 Å². The topological polar surface area (TPSA) is 69.9 Å². The molecule has 0 aliphatic carbocycles. The summed E-state index contributed by atoms with van der Waals surface area (Å²) in [6, 6.07) is 12.8. The van der Waals surface area contributed by atoms with Gasteiger partial charge in [0.1, 0.15) is 12.2 Å². The molecule has 0 radical (unpaired) electrons. The molecule has 6 nitrogen and oxygen atoms in total. The second-order valence-electron chi connectivity index (χ2n) is 5.71. The number of benzene rings is 2. The number of rotatable bonds is 7. The van der Waals surface area contributed by atoms with Gasteiger partial charge < -0.3 is 23.9 Å². The number of methoxy groups -OCH3 is 2. The highest BCUT2D eigenvalue weighted by molar-refractivity contribution is 6.06. The summed E-state index contributed by atoms with van der Waals surface area (Å²) in [5.41, 5.74) is 2.08. The normalized spacial score (nSPS) is 10.7. The van der Waals surface area contributed by atoms with Gasteiger partial charge in [-0.15, -0.1) is 0 Å². The lowest BCUT2D eigenvalue weighted by molar-refractivity contribution is 0.0998. The summed E-state index contributed by atoms with van der Waals surface area (Å²) in [7, 11) is 3.17. The van der Waals surface area contributed by atoms with Crippen molar-refractivity contribution in [3.63, 3.8) is 0 Å². The van der Waals surface area contributed by atoms with Crippen molar-refractivity contribution in [2.24, 2.45) is 0 Å². The Bertz CT molecular complexity index is 916. The molecule has 0 atom stereocenters. The molecule has 3 rings (SSSR count). The molecule has 0 saturated carbocycles. The SMILES string of the molecule is COCCOc1cc(NC(=O)c2oc3ccccc3c2C)ccc1OC. The molecule has 26 heavy (non-hydrogen) atoms. The minimum absolute atomic E-state index is 0.295. The van der Waals surface area contributed by atoms with Crippen LogP contribution in [0.3, 0.4) is 0 Å². The highest BCUT2D eigenvalue weighted by atomic mass is 16.5. The summed E-state index contributed by atoms with van der Waals surface area (Å²) in [5.74, 6) is 1.10. The third-order valence-corrected chi connectivity index (χ3v) is 4.02. The van der Waals surface area contributed by atoms with Gasteiger partial charge in [0.2, 0.25) is 0 Å². The molecule has 0 unspecified atom stereocenters. The minimum atomic E-state index is -0.313. The lowest BCUT2D eigenvalue weighted by Gasteiger charge is -2.12. The van der Waals surface area contributed by atoms with Gasteiger partial charge in [-0.05, 0) is 25.1 Å². The number of fused-ring (bicyclic) bond motifs is 1. The molecule has 1 heterocycles. The van der Waals surface area contributed by atoms with E-state index in [4.69, 9.17) is 18.6 Å². The largest absolute Gasteiger partial charge is 0.493 e. The van der Waals surface area contributed by atoms with Gasteiger partial charge in [0.25, 0.3) is 5.91 Å². The number of para-hydroxylation sites is 1. The van der Waals surface area contributed by atoms with Crippen LogP contribution in [0.1, 0.15) is 16.1 Å². The van der Waals surface area contributed by atoms with Gasteiger partial charge in [0, 0.05) is 29.8 Å². The number of hydrogen-bond donors (Lipinski definition) is 1. The first-order valence-electron chi connectivity index (χ1n) is 8.23. The summed E-state index contributed by atoms with van der Waals surface area (Å²) in [6.07, 6.45) is 0. The zero-order chi connectivity index (χ0) is 18.5. The number of amides is 1. The molecule has 0 saturated heterocycles. The van der Waals surface area contributed by atoms with Crippen LogP contribution in [0.15, 0.2) is 46.9 Å². The van der Waals surface area contributed by atoms with Gasteiger partial charge >= 0.3 is 0 Å². The van der Waals surface area contributed by atoms with Crippen molar-refractivity contribution in [2.45, 2.75) is 6.92 Å². The molecule has 1 N–H and O–H groups in total. The van der Waals surface area contributed by atoms with E-state index in [9.17, 15) is 4.79 Å². The smallest absolute Gasteiger partial charge is 0.291 e. The Morgan fingerprint density at radius 2 is 1.88 bits per heavy atom. The molecule has 0 bridgehead atoms. The van der Waals surface area contributed by atoms with E-state index in [1.54, 1.807) is 32.4 Å². The van der Waals surface area contributed by atoms with Crippen LogP contribution in [0.2, 0.25) is 0 Å². The Kier molecular flexibility index (Phi) is 5.43. The summed E-state index contributed by atoms with van der Waals surface area (Å²) in [4.78, 5) is 12.6. The number of nitrogens with one attached hydrogen (secondary N) is 1. The van der Waals surface area contributed by atoms with Crippen LogP contribution in [0.4, 0.5) is 5.69 Å². The Hall–Kier alpha value is -2.99. The molecule has 1 amide bonds. The number of anilines is 1. The lowest BCUT2D eigenvalue weighted by Crippen LogP contribution is -2.12. The van der Waals surface area contributed by atoms with E-state index in [2.05, 4.69) is 5.32 Å². The summed E-state index contributed by atoms with van der Waals surface area (Å²) in [5, 5.41) is 3.77. The van der Waals surface area contributed by atoms with Crippen LogP contribution in [-0.2, 0) is 4.74 Å². The fourth-order valence-electron chi connectivity index (χ4n) is 2.68. The van der Waals surface area contributed by atoms with Gasteiger partial charge in [-0.1, -0.05) is 18.2 Å². The Labute approximate surface area is 151 Å². The number of aryl methyl sites for hydroxylation is 1. The van der Waals surface area contributed by atoms with E-state index in [-0.39, 0.29) is 5.91 Å². The Morgan fingerprint density at radius 1 is 1.08 bits per heavy atom. The Morgan fingerprint density at radius 3 is 2.62 bits per heavy atom. The molecule has 0 fully saturated rings. The van der Waals surface area contributed by atoms with E-state index in [0.717, 1.165) is 10.9 Å². The minimum Gasteiger partial charge on any atom is -0.493 e. The molecule has 0 spiro atoms. The third-order valence-electron chi connectivity index (χ3n) is 4.02. The van der Waals surface area contributed by atoms with Crippen molar-refractivity contribution in [3.05, 3.63) is 53.8 Å². The average molecular weight is 355 g/mol. The van der Waals surface area contributed by atoms with Crippen LogP contribution in [0.5, 0.6) is 11.5 Å². The van der Waals surface area contributed by atoms with E-state index >= 15 is 0 Å². The lowest BCUT2D eigenvalue weighted by atomic mass is 10.1. The first-order valence-corrected chi connectivity index (χ1v) is 8.23. The second kappa shape index (κ2) is 7.93. The number of furan rings is 1. The maximum Gasteiger partial charge on any atom is 0.291 e. The number of hydrogen-bond acceptors (Lipinski definition) is 5. The van der Waals surface area contributed by atoms with Gasteiger partial charge in [-0.3, -0.25) is 4.79 Å². The van der Waals surface area contributed by atoms with Gasteiger partial charge in [-0.25, -0.2) is 0 Å². The first kappa shape index (κ1) is 17.8.